The van der Waals surface area contributed by atoms with E-state index in [1.54, 1.807) is 0 Å². The maximum Gasteiger partial charge on any atom is 0.169 e. The van der Waals surface area contributed by atoms with Gasteiger partial charge in [0, 0.05) is 35.7 Å². The Kier molecular flexibility index (Phi) is 5.80. The molecule has 3 rings (SSSR count). The average Bonchev–Trinajstić information content (AvgIpc) is 3.04. The van der Waals surface area contributed by atoms with Gasteiger partial charge in [-0.15, -0.1) is 0 Å². The fourth-order valence-corrected chi connectivity index (χ4v) is 2.94. The lowest BCUT2D eigenvalue weighted by molar-refractivity contribution is -0.697. The molecule has 0 spiro atoms. The number of nitrogens with zero attached hydrogens (tertiary/aromatic N) is 1. The first-order valence-corrected chi connectivity index (χ1v) is 8.80. The van der Waals surface area contributed by atoms with Crippen molar-refractivity contribution in [3.05, 3.63) is 66.1 Å². The first-order chi connectivity index (χ1) is 11.9. The van der Waals surface area contributed by atoms with Gasteiger partial charge in [0.1, 0.15) is 6.54 Å². The second kappa shape index (κ2) is 8.46. The van der Waals surface area contributed by atoms with Crippen LogP contribution in [0.25, 0.3) is 23.1 Å². The molecule has 0 unspecified atom stereocenters. The number of aromatic nitrogens is 2. The molecule has 0 atom stereocenters. The molecule has 0 radical (unpaired) electrons. The van der Waals surface area contributed by atoms with Crippen molar-refractivity contribution in [1.29, 1.82) is 0 Å². The Labute approximate surface area is 143 Å². The second-order valence-electron chi connectivity index (χ2n) is 6.20. The van der Waals surface area contributed by atoms with E-state index in [0.717, 1.165) is 19.5 Å². The molecular formula is C21H26N3+. The summed E-state index contributed by atoms with van der Waals surface area (Å²) in [5.41, 5.74) is 9.14. The van der Waals surface area contributed by atoms with Crippen molar-refractivity contribution < 1.29 is 4.57 Å². The van der Waals surface area contributed by atoms with E-state index in [2.05, 4.69) is 76.7 Å². The zero-order valence-electron chi connectivity index (χ0n) is 14.1. The lowest BCUT2D eigenvalue weighted by atomic mass is 10.1. The van der Waals surface area contributed by atoms with Crippen LogP contribution in [0.3, 0.4) is 0 Å². The number of H-pyrrole nitrogens is 1. The van der Waals surface area contributed by atoms with Crippen LogP contribution in [0.2, 0.25) is 0 Å². The number of pyridine rings is 1. The van der Waals surface area contributed by atoms with Crippen molar-refractivity contribution in [2.24, 2.45) is 5.73 Å². The fraction of sp³-hybridized carbons (Fsp3) is 0.286. The molecule has 0 bridgehead atoms. The first-order valence-electron chi connectivity index (χ1n) is 8.80. The molecule has 24 heavy (non-hydrogen) atoms. The van der Waals surface area contributed by atoms with Gasteiger partial charge in [-0.25, -0.2) is 4.57 Å². The van der Waals surface area contributed by atoms with Crippen LogP contribution in [0.1, 0.15) is 36.8 Å². The standard InChI is InChI=1S/C21H25N3/c22-13-5-1-2-6-14-24-15-11-18(12-16-24)9-10-19-17-23-21-8-4-3-7-20(19)21/h3-4,7-12,15-17H,1-2,5-6,13-14,22H2/p+1. The van der Waals surface area contributed by atoms with E-state index in [-0.39, 0.29) is 0 Å². The number of nitrogens with two attached hydrogens (primary N) is 1. The van der Waals surface area contributed by atoms with Crippen molar-refractivity contribution in [2.45, 2.75) is 32.2 Å². The van der Waals surface area contributed by atoms with Crippen LogP contribution in [-0.4, -0.2) is 11.5 Å². The maximum atomic E-state index is 5.52. The Morgan fingerprint density at radius 2 is 1.71 bits per heavy atom. The highest BCUT2D eigenvalue weighted by atomic mass is 14.9. The Hall–Kier alpha value is -2.39. The minimum atomic E-state index is 0.810. The van der Waals surface area contributed by atoms with Crippen molar-refractivity contribution in [1.82, 2.24) is 4.98 Å². The third-order valence-electron chi connectivity index (χ3n) is 4.36. The predicted molar refractivity (Wildman–Crippen MR) is 101 cm³/mol. The molecule has 1 aromatic carbocycles. The number of hydrogen-bond acceptors (Lipinski definition) is 1. The molecule has 0 amide bonds. The second-order valence-corrected chi connectivity index (χ2v) is 6.20. The molecule has 3 aromatic rings. The van der Waals surface area contributed by atoms with Gasteiger partial charge in [0.15, 0.2) is 12.4 Å². The summed E-state index contributed by atoms with van der Waals surface area (Å²) in [7, 11) is 0. The van der Waals surface area contributed by atoms with E-state index < -0.39 is 0 Å². The van der Waals surface area contributed by atoms with Crippen LogP contribution in [-0.2, 0) is 6.54 Å². The molecule has 3 nitrogen and oxygen atoms in total. The molecule has 0 fully saturated rings. The van der Waals surface area contributed by atoms with Gasteiger partial charge in [0.2, 0.25) is 0 Å². The number of unbranched alkanes of at least 4 members (excludes halogenated alkanes) is 3. The topological polar surface area (TPSA) is 45.7 Å². The summed E-state index contributed by atoms with van der Waals surface area (Å²) in [6, 6.07) is 12.7. The number of rotatable bonds is 8. The van der Waals surface area contributed by atoms with Crippen LogP contribution in [0, 0.1) is 0 Å². The van der Waals surface area contributed by atoms with Gasteiger partial charge >= 0.3 is 0 Å². The normalized spacial score (nSPS) is 11.5. The number of hydrogen-bond donors (Lipinski definition) is 2. The van der Waals surface area contributed by atoms with Gasteiger partial charge in [-0.3, -0.25) is 0 Å². The number of aromatic amines is 1. The zero-order chi connectivity index (χ0) is 16.6. The molecule has 0 saturated carbocycles. The molecule has 0 saturated heterocycles. The van der Waals surface area contributed by atoms with Gasteiger partial charge in [-0.05, 0) is 36.6 Å². The fourth-order valence-electron chi connectivity index (χ4n) is 2.94. The zero-order valence-corrected chi connectivity index (χ0v) is 14.1. The van der Waals surface area contributed by atoms with Crippen LogP contribution in [0.5, 0.6) is 0 Å². The maximum absolute atomic E-state index is 5.52. The van der Waals surface area contributed by atoms with Gasteiger partial charge in [0.25, 0.3) is 0 Å². The van der Waals surface area contributed by atoms with Crippen LogP contribution in [0.15, 0.2) is 55.0 Å². The highest BCUT2D eigenvalue weighted by molar-refractivity contribution is 5.91. The van der Waals surface area contributed by atoms with E-state index >= 15 is 0 Å². The molecule has 0 aliphatic heterocycles. The summed E-state index contributed by atoms with van der Waals surface area (Å²) in [4.78, 5) is 3.31. The van der Waals surface area contributed by atoms with Gasteiger partial charge in [0.05, 0.1) is 0 Å². The lowest BCUT2D eigenvalue weighted by Crippen LogP contribution is -2.32. The lowest BCUT2D eigenvalue weighted by Gasteiger charge is -1.98. The van der Waals surface area contributed by atoms with Gasteiger partial charge < -0.3 is 10.7 Å². The minimum absolute atomic E-state index is 0.810. The van der Waals surface area contributed by atoms with E-state index in [4.69, 9.17) is 5.73 Å². The highest BCUT2D eigenvalue weighted by Gasteiger charge is 2.01. The van der Waals surface area contributed by atoms with Crippen molar-refractivity contribution in [2.75, 3.05) is 6.54 Å². The van der Waals surface area contributed by atoms with E-state index in [0.29, 0.717) is 0 Å². The highest BCUT2D eigenvalue weighted by Crippen LogP contribution is 2.19. The Balaban J connectivity index is 1.57. The molecule has 124 valence electrons. The SMILES string of the molecule is NCCCCCC[n+]1ccc(/C=C/c2c[nH]c3ccccc23)cc1. The predicted octanol–water partition coefficient (Wildman–Crippen LogP) is 4.14. The van der Waals surface area contributed by atoms with Crippen molar-refractivity contribution in [3.8, 4) is 0 Å². The quantitative estimate of drug-likeness (QED) is 0.475. The smallest absolute Gasteiger partial charge is 0.169 e. The molecule has 0 aliphatic rings. The number of aryl methyl sites for hydroxylation is 1. The number of para-hydroxylation sites is 1. The van der Waals surface area contributed by atoms with Crippen LogP contribution >= 0.6 is 0 Å². The van der Waals surface area contributed by atoms with Crippen LogP contribution in [0.4, 0.5) is 0 Å². The first kappa shape index (κ1) is 16.5. The Morgan fingerprint density at radius 3 is 2.54 bits per heavy atom. The number of benzene rings is 1. The molecule has 3 N–H and O–H groups in total. The molecule has 3 heteroatoms. The Morgan fingerprint density at radius 1 is 0.917 bits per heavy atom. The third kappa shape index (κ3) is 4.33. The molecular weight excluding hydrogens is 294 g/mol. The monoisotopic (exact) mass is 320 g/mol. The van der Waals surface area contributed by atoms with Crippen LogP contribution < -0.4 is 10.3 Å². The summed E-state index contributed by atoms with van der Waals surface area (Å²) in [5, 5.41) is 1.26. The number of nitrogens with one attached hydrogen (secondary N) is 1. The van der Waals surface area contributed by atoms with Crippen molar-refractivity contribution in [3.63, 3.8) is 0 Å². The average molecular weight is 320 g/mol. The van der Waals surface area contributed by atoms with Crippen molar-refractivity contribution >= 4 is 23.1 Å². The van der Waals surface area contributed by atoms with E-state index in [1.807, 2.05) is 0 Å². The van der Waals surface area contributed by atoms with E-state index in [9.17, 15) is 0 Å². The minimum Gasteiger partial charge on any atom is -0.361 e. The molecule has 2 aromatic heterocycles. The summed E-state index contributed by atoms with van der Waals surface area (Å²) >= 11 is 0. The van der Waals surface area contributed by atoms with Gasteiger partial charge in [-0.1, -0.05) is 36.8 Å². The summed E-state index contributed by atoms with van der Waals surface area (Å²) < 4.78 is 2.26. The largest absolute Gasteiger partial charge is 0.361 e. The van der Waals surface area contributed by atoms with Gasteiger partial charge in [-0.2, -0.15) is 0 Å². The van der Waals surface area contributed by atoms with E-state index in [1.165, 1.54) is 41.3 Å². The number of fused-ring (bicyclic) bond motifs is 1. The Bertz CT molecular complexity index is 784. The third-order valence-corrected chi connectivity index (χ3v) is 4.36. The molecule has 0 aliphatic carbocycles. The summed E-state index contributed by atoms with van der Waals surface area (Å²) in [5.74, 6) is 0. The summed E-state index contributed by atoms with van der Waals surface area (Å²) in [6.07, 6.45) is 15.6. The molecule has 2 heterocycles. The summed E-state index contributed by atoms with van der Waals surface area (Å²) in [6.45, 7) is 1.89.